The van der Waals surface area contributed by atoms with Crippen LogP contribution in [0.3, 0.4) is 0 Å². The molecule has 12 heteroatoms. The van der Waals surface area contributed by atoms with E-state index in [0.29, 0.717) is 0 Å². The number of amides is 2. The first-order valence-corrected chi connectivity index (χ1v) is 9.15. The van der Waals surface area contributed by atoms with E-state index in [1.165, 1.54) is 18.2 Å². The largest absolute Gasteiger partial charge is 0.416 e. The normalized spacial score (nSPS) is 15.9. The van der Waals surface area contributed by atoms with E-state index in [2.05, 4.69) is 15.6 Å². The summed E-state index contributed by atoms with van der Waals surface area (Å²) in [7, 11) is 0. The quantitative estimate of drug-likeness (QED) is 0.479. The highest BCUT2D eigenvalue weighted by Gasteiger charge is 2.37. The molecule has 1 aromatic heterocycles. The average molecular weight is 447 g/mol. The Labute approximate surface area is 177 Å². The Kier molecular flexibility index (Phi) is 5.20. The van der Waals surface area contributed by atoms with Gasteiger partial charge in [-0.3, -0.25) is 9.59 Å². The highest BCUT2D eigenvalue weighted by Crippen LogP contribution is 2.34. The van der Waals surface area contributed by atoms with Gasteiger partial charge in [-0.25, -0.2) is 9.07 Å². The van der Waals surface area contributed by atoms with Crippen molar-refractivity contribution in [2.75, 3.05) is 16.8 Å². The fourth-order valence-corrected chi connectivity index (χ4v) is 3.31. The second-order valence-corrected chi connectivity index (χ2v) is 6.83. The van der Waals surface area contributed by atoms with Crippen LogP contribution in [0.25, 0.3) is 0 Å². The van der Waals surface area contributed by atoms with Crippen LogP contribution in [0.2, 0.25) is 0 Å². The zero-order valence-electron chi connectivity index (χ0n) is 16.0. The summed E-state index contributed by atoms with van der Waals surface area (Å²) in [5.41, 5.74) is -1.41. The predicted octanol–water partition coefficient (Wildman–Crippen LogP) is 4.22. The maximum Gasteiger partial charge on any atom is 0.416 e. The van der Waals surface area contributed by atoms with E-state index in [4.69, 9.17) is 0 Å². The third-order valence-electron chi connectivity index (χ3n) is 4.87. The fourth-order valence-electron chi connectivity index (χ4n) is 3.31. The van der Waals surface area contributed by atoms with Crippen LogP contribution < -0.4 is 10.2 Å². The van der Waals surface area contributed by atoms with Gasteiger partial charge in [-0.2, -0.15) is 18.3 Å². The van der Waals surface area contributed by atoms with Crippen LogP contribution in [0, 0.1) is 10.7 Å². The Morgan fingerprint density at radius 1 is 1.12 bits per heavy atom. The summed E-state index contributed by atoms with van der Waals surface area (Å²) >= 11 is 0. The van der Waals surface area contributed by atoms with Gasteiger partial charge in [-0.15, -0.1) is 4.91 Å². The lowest BCUT2D eigenvalue weighted by Gasteiger charge is -2.30. The van der Waals surface area contributed by atoms with Crippen LogP contribution in [0.4, 0.5) is 28.9 Å². The van der Waals surface area contributed by atoms with E-state index >= 15 is 0 Å². The number of nitrogens with zero attached hydrogens (tertiary/aromatic N) is 4. The molecular weight excluding hydrogens is 434 g/mol. The molecule has 0 saturated carbocycles. The van der Waals surface area contributed by atoms with Crippen molar-refractivity contribution in [1.29, 1.82) is 0 Å². The van der Waals surface area contributed by atoms with Crippen molar-refractivity contribution < 1.29 is 27.2 Å². The van der Waals surface area contributed by atoms with Crippen LogP contribution in [0.15, 0.2) is 59.9 Å². The predicted molar refractivity (Wildman–Crippen MR) is 105 cm³/mol. The Hall–Kier alpha value is -4.09. The summed E-state index contributed by atoms with van der Waals surface area (Å²) < 4.78 is 53.4. The van der Waals surface area contributed by atoms with Gasteiger partial charge in [0.25, 0.3) is 11.8 Å². The SMILES string of the molecule is O=N[C@H]1CN(c2ccc(C(F)(F)F)cc2)C(=O)c2c(NC(=O)c3ccccc3F)cnn21. The van der Waals surface area contributed by atoms with Gasteiger partial charge < -0.3 is 10.2 Å². The smallest absolute Gasteiger partial charge is 0.319 e. The van der Waals surface area contributed by atoms with Gasteiger partial charge in [0.15, 0.2) is 5.69 Å². The number of hydrogen-bond donors (Lipinski definition) is 1. The highest BCUT2D eigenvalue weighted by molar-refractivity contribution is 6.13. The fraction of sp³-hybridized carbons (Fsp3) is 0.150. The number of nitroso groups, excluding NO2 is 1. The second kappa shape index (κ2) is 7.87. The molecule has 4 rings (SSSR count). The molecular formula is C20H13F4N5O3. The first-order valence-electron chi connectivity index (χ1n) is 9.15. The maximum absolute atomic E-state index is 13.9. The van der Waals surface area contributed by atoms with Gasteiger partial charge >= 0.3 is 6.18 Å². The summed E-state index contributed by atoms with van der Waals surface area (Å²) in [6, 6.07) is 8.98. The first kappa shape index (κ1) is 21.2. The third-order valence-corrected chi connectivity index (χ3v) is 4.87. The van der Waals surface area contributed by atoms with Crippen LogP contribution in [0.5, 0.6) is 0 Å². The number of anilines is 2. The number of carbonyl (C=O) groups is 2. The van der Waals surface area contributed by atoms with E-state index in [0.717, 1.165) is 46.1 Å². The van der Waals surface area contributed by atoms with Crippen molar-refractivity contribution in [2.45, 2.75) is 12.3 Å². The Balaban J connectivity index is 1.68. The van der Waals surface area contributed by atoms with Gasteiger partial charge in [-0.1, -0.05) is 12.1 Å². The van der Waals surface area contributed by atoms with E-state index in [1.54, 1.807) is 0 Å². The molecule has 0 spiro atoms. The number of alkyl halides is 3. The monoisotopic (exact) mass is 447 g/mol. The molecule has 2 aromatic carbocycles. The van der Waals surface area contributed by atoms with Crippen molar-refractivity contribution in [3.05, 3.63) is 82.3 Å². The minimum atomic E-state index is -4.56. The van der Waals surface area contributed by atoms with Crippen molar-refractivity contribution in [3.63, 3.8) is 0 Å². The molecule has 2 amide bonds. The molecule has 1 aliphatic heterocycles. The van der Waals surface area contributed by atoms with Crippen molar-refractivity contribution >= 4 is 23.2 Å². The number of benzene rings is 2. The van der Waals surface area contributed by atoms with Crippen LogP contribution in [-0.2, 0) is 6.18 Å². The van der Waals surface area contributed by atoms with E-state index < -0.39 is 35.5 Å². The summed E-state index contributed by atoms with van der Waals surface area (Å²) in [5.74, 6) is -2.36. The third kappa shape index (κ3) is 3.70. The van der Waals surface area contributed by atoms with Crippen molar-refractivity contribution in [3.8, 4) is 0 Å². The molecule has 0 saturated heterocycles. The molecule has 3 aromatic rings. The molecule has 0 aliphatic carbocycles. The maximum atomic E-state index is 13.9. The van der Waals surface area contributed by atoms with Crippen LogP contribution >= 0.6 is 0 Å². The van der Waals surface area contributed by atoms with Gasteiger partial charge in [0, 0.05) is 5.69 Å². The van der Waals surface area contributed by atoms with Crippen LogP contribution in [-0.4, -0.2) is 28.1 Å². The molecule has 1 aliphatic rings. The molecule has 164 valence electrons. The Bertz CT molecular complexity index is 1210. The van der Waals surface area contributed by atoms with E-state index in [-0.39, 0.29) is 29.2 Å². The molecule has 8 nitrogen and oxygen atoms in total. The molecule has 0 fully saturated rings. The number of rotatable bonds is 4. The first-order chi connectivity index (χ1) is 15.2. The lowest BCUT2D eigenvalue weighted by molar-refractivity contribution is -0.137. The molecule has 1 atom stereocenters. The van der Waals surface area contributed by atoms with Crippen LogP contribution in [0.1, 0.15) is 32.6 Å². The van der Waals surface area contributed by atoms with Gasteiger partial charge in [0.2, 0.25) is 6.17 Å². The molecule has 0 radical (unpaired) electrons. The summed E-state index contributed by atoms with van der Waals surface area (Å²) in [4.78, 5) is 38.0. The standard InChI is InChI=1S/C20H13F4N5O3/c21-14-4-2-1-3-13(14)18(30)26-15-9-25-29-16(27-32)10-28(19(31)17(15)29)12-7-5-11(6-8-12)20(22,23)24/h1-9,16H,10H2,(H,26,30)/t16-/m1/s1. The molecule has 0 bridgehead atoms. The molecule has 32 heavy (non-hydrogen) atoms. The number of halogens is 4. The van der Waals surface area contributed by atoms with E-state index in [1.807, 2.05) is 0 Å². The molecule has 2 heterocycles. The topological polar surface area (TPSA) is 96.7 Å². The average Bonchev–Trinajstić information content (AvgIpc) is 3.18. The zero-order valence-corrected chi connectivity index (χ0v) is 16.0. The van der Waals surface area contributed by atoms with Crippen molar-refractivity contribution in [1.82, 2.24) is 9.78 Å². The minimum Gasteiger partial charge on any atom is -0.319 e. The molecule has 0 unspecified atom stereocenters. The number of nitrogens with one attached hydrogen (secondary N) is 1. The zero-order chi connectivity index (χ0) is 23.0. The number of aromatic nitrogens is 2. The van der Waals surface area contributed by atoms with Gasteiger partial charge in [0.1, 0.15) is 5.82 Å². The molecule has 1 N–H and O–H groups in total. The summed E-state index contributed by atoms with van der Waals surface area (Å²) in [6.07, 6.45) is -4.63. The van der Waals surface area contributed by atoms with Gasteiger partial charge in [-0.05, 0) is 41.6 Å². The summed E-state index contributed by atoms with van der Waals surface area (Å²) in [5, 5.41) is 9.23. The highest BCUT2D eigenvalue weighted by atomic mass is 19.4. The van der Waals surface area contributed by atoms with Gasteiger partial charge in [0.05, 0.1) is 29.6 Å². The number of fused-ring (bicyclic) bond motifs is 1. The lowest BCUT2D eigenvalue weighted by Crippen LogP contribution is -2.43. The van der Waals surface area contributed by atoms with E-state index in [9.17, 15) is 32.1 Å². The minimum absolute atomic E-state index is 0.0930. The number of carbonyl (C=O) groups excluding carboxylic acids is 2. The Morgan fingerprint density at radius 3 is 2.44 bits per heavy atom. The Morgan fingerprint density at radius 2 is 1.81 bits per heavy atom. The summed E-state index contributed by atoms with van der Waals surface area (Å²) in [6.45, 7) is -0.275. The lowest BCUT2D eigenvalue weighted by atomic mass is 10.1. The second-order valence-electron chi connectivity index (χ2n) is 6.83. The number of hydrogen-bond acceptors (Lipinski definition) is 5. The van der Waals surface area contributed by atoms with Crippen molar-refractivity contribution in [2.24, 2.45) is 5.18 Å².